The van der Waals surface area contributed by atoms with Crippen LogP contribution >= 0.6 is 0 Å². The number of carboxylic acid groups (broad SMARTS) is 1. The first-order valence-electron chi connectivity index (χ1n) is 6.78. The van der Waals surface area contributed by atoms with Crippen molar-refractivity contribution < 1.29 is 14.7 Å². The summed E-state index contributed by atoms with van der Waals surface area (Å²) in [7, 11) is 1.61. The molecule has 2 amide bonds. The Morgan fingerprint density at radius 1 is 1.16 bits per heavy atom. The van der Waals surface area contributed by atoms with E-state index in [2.05, 4.69) is 24.1 Å². The van der Waals surface area contributed by atoms with Crippen LogP contribution in [-0.4, -0.2) is 66.2 Å². The predicted octanol–water partition coefficient (Wildman–Crippen LogP) is 1.08. The van der Waals surface area contributed by atoms with Crippen molar-refractivity contribution in [1.29, 1.82) is 0 Å². The number of amides is 2. The zero-order valence-corrected chi connectivity index (χ0v) is 12.6. The second-order valence-corrected chi connectivity index (χ2v) is 4.96. The lowest BCUT2D eigenvalue weighted by atomic mass is 10.2. The SMILES string of the molecule is CCN(CC)CC(C)NC(=O)N(C)CC(C)C(=O)O. The lowest BCUT2D eigenvalue weighted by molar-refractivity contribution is -0.141. The Kier molecular flexibility index (Phi) is 8.14. The van der Waals surface area contributed by atoms with E-state index in [1.54, 1.807) is 14.0 Å². The molecule has 19 heavy (non-hydrogen) atoms. The van der Waals surface area contributed by atoms with Crippen molar-refractivity contribution in [3.63, 3.8) is 0 Å². The van der Waals surface area contributed by atoms with Crippen LogP contribution in [0.2, 0.25) is 0 Å². The number of hydrogen-bond acceptors (Lipinski definition) is 3. The van der Waals surface area contributed by atoms with Gasteiger partial charge < -0.3 is 20.2 Å². The van der Waals surface area contributed by atoms with Crippen LogP contribution in [0.4, 0.5) is 4.79 Å². The molecule has 0 fully saturated rings. The summed E-state index contributed by atoms with van der Waals surface area (Å²) in [5, 5.41) is 11.7. The molecule has 2 N–H and O–H groups in total. The molecule has 0 aliphatic carbocycles. The maximum atomic E-state index is 11.9. The molecule has 0 aromatic heterocycles. The van der Waals surface area contributed by atoms with E-state index in [-0.39, 0.29) is 18.6 Å². The Balaban J connectivity index is 4.17. The van der Waals surface area contributed by atoms with Gasteiger partial charge >= 0.3 is 12.0 Å². The highest BCUT2D eigenvalue weighted by Crippen LogP contribution is 1.99. The van der Waals surface area contributed by atoms with Crippen LogP contribution in [0.1, 0.15) is 27.7 Å². The van der Waals surface area contributed by atoms with E-state index in [4.69, 9.17) is 5.11 Å². The number of likely N-dealkylation sites (N-methyl/N-ethyl adjacent to an activating group) is 1. The number of hydrogen-bond donors (Lipinski definition) is 2. The van der Waals surface area contributed by atoms with E-state index in [0.717, 1.165) is 19.6 Å². The summed E-state index contributed by atoms with van der Waals surface area (Å²) in [6.07, 6.45) is 0. The zero-order valence-electron chi connectivity index (χ0n) is 12.6. The van der Waals surface area contributed by atoms with Crippen molar-refractivity contribution in [3.8, 4) is 0 Å². The van der Waals surface area contributed by atoms with Crippen molar-refractivity contribution >= 4 is 12.0 Å². The number of nitrogens with zero attached hydrogens (tertiary/aromatic N) is 2. The Labute approximate surface area is 115 Å². The summed E-state index contributed by atoms with van der Waals surface area (Å²) in [5.74, 6) is -1.45. The third-order valence-corrected chi connectivity index (χ3v) is 3.11. The molecule has 6 nitrogen and oxygen atoms in total. The molecule has 0 saturated carbocycles. The van der Waals surface area contributed by atoms with Crippen LogP contribution in [0.15, 0.2) is 0 Å². The molecule has 0 aromatic carbocycles. The Morgan fingerprint density at radius 3 is 2.11 bits per heavy atom. The number of urea groups is 1. The number of rotatable bonds is 8. The average molecular weight is 273 g/mol. The van der Waals surface area contributed by atoms with Crippen molar-refractivity contribution in [2.24, 2.45) is 5.92 Å². The molecule has 0 heterocycles. The van der Waals surface area contributed by atoms with Gasteiger partial charge in [-0.3, -0.25) is 4.79 Å². The van der Waals surface area contributed by atoms with Crippen LogP contribution in [0.5, 0.6) is 0 Å². The van der Waals surface area contributed by atoms with Gasteiger partial charge in [-0.1, -0.05) is 20.8 Å². The topological polar surface area (TPSA) is 72.9 Å². The fourth-order valence-electron chi connectivity index (χ4n) is 1.81. The molecule has 0 radical (unpaired) electrons. The van der Waals surface area contributed by atoms with E-state index in [9.17, 15) is 9.59 Å². The highest BCUT2D eigenvalue weighted by molar-refractivity contribution is 5.75. The lowest BCUT2D eigenvalue weighted by Crippen LogP contribution is -2.48. The number of carboxylic acids is 1. The first-order valence-corrected chi connectivity index (χ1v) is 6.78. The monoisotopic (exact) mass is 273 g/mol. The highest BCUT2D eigenvalue weighted by Gasteiger charge is 2.18. The average Bonchev–Trinajstić information content (AvgIpc) is 2.35. The summed E-state index contributed by atoms with van der Waals surface area (Å²) < 4.78 is 0. The zero-order chi connectivity index (χ0) is 15.0. The molecule has 0 aliphatic heterocycles. The number of aliphatic carboxylic acids is 1. The largest absolute Gasteiger partial charge is 0.481 e. The van der Waals surface area contributed by atoms with Crippen molar-refractivity contribution in [1.82, 2.24) is 15.1 Å². The lowest BCUT2D eigenvalue weighted by Gasteiger charge is -2.26. The van der Waals surface area contributed by atoms with Gasteiger partial charge in [0.2, 0.25) is 0 Å². The summed E-state index contributed by atoms with van der Waals surface area (Å²) in [6.45, 7) is 10.6. The first kappa shape index (κ1) is 17.7. The van der Waals surface area contributed by atoms with E-state index >= 15 is 0 Å². The van der Waals surface area contributed by atoms with Crippen LogP contribution in [-0.2, 0) is 4.79 Å². The van der Waals surface area contributed by atoms with Gasteiger partial charge in [-0.05, 0) is 20.0 Å². The normalized spacial score (nSPS) is 14.0. The van der Waals surface area contributed by atoms with Crippen LogP contribution in [0.25, 0.3) is 0 Å². The predicted molar refractivity (Wildman–Crippen MR) is 75.2 cm³/mol. The van der Waals surface area contributed by atoms with Crippen molar-refractivity contribution in [2.45, 2.75) is 33.7 Å². The molecule has 112 valence electrons. The summed E-state index contributed by atoms with van der Waals surface area (Å²) in [4.78, 5) is 26.3. The quantitative estimate of drug-likeness (QED) is 0.694. The van der Waals surface area contributed by atoms with Crippen LogP contribution < -0.4 is 5.32 Å². The summed E-state index contributed by atoms with van der Waals surface area (Å²) in [6, 6.07) is -0.192. The van der Waals surface area contributed by atoms with E-state index in [1.807, 2.05) is 6.92 Å². The maximum absolute atomic E-state index is 11.9. The van der Waals surface area contributed by atoms with Gasteiger partial charge in [0.05, 0.1) is 5.92 Å². The third-order valence-electron chi connectivity index (χ3n) is 3.11. The number of carbonyl (C=O) groups is 2. The molecule has 6 heteroatoms. The first-order chi connectivity index (χ1) is 8.81. The maximum Gasteiger partial charge on any atom is 0.317 e. The highest BCUT2D eigenvalue weighted by atomic mass is 16.4. The Hall–Kier alpha value is -1.30. The minimum Gasteiger partial charge on any atom is -0.481 e. The van der Waals surface area contributed by atoms with Gasteiger partial charge in [0.1, 0.15) is 0 Å². The summed E-state index contributed by atoms with van der Waals surface area (Å²) in [5.41, 5.74) is 0. The molecular weight excluding hydrogens is 246 g/mol. The molecule has 2 unspecified atom stereocenters. The fraction of sp³-hybridized carbons (Fsp3) is 0.846. The van der Waals surface area contributed by atoms with E-state index in [0.29, 0.717) is 0 Å². The molecule has 0 aromatic rings. The number of nitrogens with one attached hydrogen (secondary N) is 1. The van der Waals surface area contributed by atoms with Crippen molar-refractivity contribution in [3.05, 3.63) is 0 Å². The van der Waals surface area contributed by atoms with Gasteiger partial charge in [0.15, 0.2) is 0 Å². The van der Waals surface area contributed by atoms with E-state index in [1.165, 1.54) is 4.90 Å². The molecule has 0 saturated heterocycles. The standard InChI is InChI=1S/C13H27N3O3/c1-6-16(7-2)9-11(4)14-13(19)15(5)8-10(3)12(17)18/h10-11H,6-9H2,1-5H3,(H,14,19)(H,17,18). The van der Waals surface area contributed by atoms with Crippen molar-refractivity contribution in [2.75, 3.05) is 33.2 Å². The third kappa shape index (κ3) is 7.00. The molecule has 0 bridgehead atoms. The summed E-state index contributed by atoms with van der Waals surface area (Å²) >= 11 is 0. The molecular formula is C13H27N3O3. The smallest absolute Gasteiger partial charge is 0.317 e. The van der Waals surface area contributed by atoms with Crippen LogP contribution in [0, 0.1) is 5.92 Å². The Morgan fingerprint density at radius 2 is 1.68 bits per heavy atom. The van der Waals surface area contributed by atoms with Gasteiger partial charge in [-0.2, -0.15) is 0 Å². The molecule has 0 rings (SSSR count). The fourth-order valence-corrected chi connectivity index (χ4v) is 1.81. The van der Waals surface area contributed by atoms with E-state index < -0.39 is 11.9 Å². The van der Waals surface area contributed by atoms with Gasteiger partial charge in [-0.25, -0.2) is 4.79 Å². The molecule has 0 aliphatic rings. The second-order valence-electron chi connectivity index (χ2n) is 4.96. The van der Waals surface area contributed by atoms with Crippen LogP contribution in [0.3, 0.4) is 0 Å². The minimum atomic E-state index is -0.893. The number of carbonyl (C=O) groups excluding carboxylic acids is 1. The Bertz CT molecular complexity index is 293. The van der Waals surface area contributed by atoms with Gasteiger partial charge in [0, 0.05) is 26.2 Å². The molecule has 0 spiro atoms. The second kappa shape index (κ2) is 8.74. The van der Waals surface area contributed by atoms with Gasteiger partial charge in [0.25, 0.3) is 0 Å². The minimum absolute atomic E-state index is 0.0370. The molecule has 2 atom stereocenters. The van der Waals surface area contributed by atoms with Gasteiger partial charge in [-0.15, -0.1) is 0 Å².